The Labute approximate surface area is 117 Å². The number of thioether (sulfide) groups is 1. The molecule has 1 aromatic rings. The van der Waals surface area contributed by atoms with E-state index in [0.29, 0.717) is 22.7 Å². The van der Waals surface area contributed by atoms with Crippen LogP contribution in [0.4, 0.5) is 11.4 Å². The second-order valence-electron chi connectivity index (χ2n) is 4.88. The molecular weight excluding hydrogens is 260 g/mol. The second kappa shape index (κ2) is 6.19. The number of anilines is 2. The molecule has 5 heteroatoms. The van der Waals surface area contributed by atoms with Gasteiger partial charge in [0.05, 0.1) is 16.9 Å². The Kier molecular flexibility index (Phi) is 4.58. The third-order valence-electron chi connectivity index (χ3n) is 3.66. The number of para-hydroxylation sites is 1. The molecule has 0 saturated heterocycles. The standard InChI is InChI=1S/C14H20N2O2S/c1-19-12-8-3-2-7-11(12)16-13-9(14(17)18)5-4-6-10(13)15/h4-6,11-12,16H,2-3,7-8,15H2,1H3,(H,17,18). The van der Waals surface area contributed by atoms with Gasteiger partial charge in [-0.2, -0.15) is 11.8 Å². The normalized spacial score (nSPS) is 23.0. The highest BCUT2D eigenvalue weighted by atomic mass is 32.2. The predicted octanol–water partition coefficient (Wildman–Crippen LogP) is 3.05. The summed E-state index contributed by atoms with van der Waals surface area (Å²) in [4.78, 5) is 11.3. The van der Waals surface area contributed by atoms with Crippen LogP contribution in [0.15, 0.2) is 18.2 Å². The third-order valence-corrected chi connectivity index (χ3v) is 4.83. The van der Waals surface area contributed by atoms with Gasteiger partial charge in [-0.25, -0.2) is 4.79 Å². The summed E-state index contributed by atoms with van der Waals surface area (Å²) in [6, 6.07) is 5.31. The second-order valence-corrected chi connectivity index (χ2v) is 5.96. The molecule has 1 aromatic carbocycles. The molecule has 19 heavy (non-hydrogen) atoms. The van der Waals surface area contributed by atoms with Gasteiger partial charge in [-0.1, -0.05) is 18.9 Å². The Morgan fingerprint density at radius 2 is 2.16 bits per heavy atom. The summed E-state index contributed by atoms with van der Waals surface area (Å²) in [5.41, 5.74) is 7.26. The van der Waals surface area contributed by atoms with E-state index in [1.165, 1.54) is 19.3 Å². The number of aromatic carboxylic acids is 1. The van der Waals surface area contributed by atoms with Crippen LogP contribution in [0.3, 0.4) is 0 Å². The van der Waals surface area contributed by atoms with Crippen LogP contribution in [0.25, 0.3) is 0 Å². The number of hydrogen-bond donors (Lipinski definition) is 3. The van der Waals surface area contributed by atoms with Gasteiger partial charge in [0, 0.05) is 11.3 Å². The number of carbonyl (C=O) groups is 1. The van der Waals surface area contributed by atoms with Crippen LogP contribution < -0.4 is 11.1 Å². The summed E-state index contributed by atoms with van der Waals surface area (Å²) in [7, 11) is 0. The molecular formula is C14H20N2O2S. The Bertz CT molecular complexity index is 465. The smallest absolute Gasteiger partial charge is 0.337 e. The van der Waals surface area contributed by atoms with Gasteiger partial charge in [0.1, 0.15) is 0 Å². The molecule has 4 nitrogen and oxygen atoms in total. The highest BCUT2D eigenvalue weighted by Crippen LogP contribution is 2.32. The number of benzene rings is 1. The van der Waals surface area contributed by atoms with Crippen molar-refractivity contribution in [2.75, 3.05) is 17.3 Å². The molecule has 2 unspecified atom stereocenters. The van der Waals surface area contributed by atoms with E-state index in [-0.39, 0.29) is 5.56 Å². The van der Waals surface area contributed by atoms with Gasteiger partial charge in [-0.15, -0.1) is 0 Å². The van der Waals surface area contributed by atoms with Crippen molar-refractivity contribution in [2.45, 2.75) is 37.0 Å². The molecule has 1 aliphatic carbocycles. The largest absolute Gasteiger partial charge is 0.478 e. The van der Waals surface area contributed by atoms with Crippen LogP contribution in [-0.2, 0) is 0 Å². The maximum Gasteiger partial charge on any atom is 0.337 e. The van der Waals surface area contributed by atoms with Crippen LogP contribution in [0.1, 0.15) is 36.0 Å². The third kappa shape index (κ3) is 3.15. The number of rotatable bonds is 4. The Balaban J connectivity index is 2.24. The minimum Gasteiger partial charge on any atom is -0.478 e. The average Bonchev–Trinajstić information content (AvgIpc) is 2.41. The number of carboxylic acid groups (broad SMARTS) is 1. The van der Waals surface area contributed by atoms with Crippen LogP contribution in [0.5, 0.6) is 0 Å². The van der Waals surface area contributed by atoms with Gasteiger partial charge in [-0.3, -0.25) is 0 Å². The molecule has 104 valence electrons. The lowest BCUT2D eigenvalue weighted by Gasteiger charge is -2.32. The summed E-state index contributed by atoms with van der Waals surface area (Å²) < 4.78 is 0. The van der Waals surface area contributed by atoms with Crippen LogP contribution in [-0.4, -0.2) is 28.6 Å². The summed E-state index contributed by atoms with van der Waals surface area (Å²) in [5.74, 6) is -0.939. The van der Waals surface area contributed by atoms with Crippen molar-refractivity contribution >= 4 is 29.1 Å². The maximum atomic E-state index is 11.3. The molecule has 0 aliphatic heterocycles. The number of carboxylic acids is 1. The molecule has 1 saturated carbocycles. The highest BCUT2D eigenvalue weighted by Gasteiger charge is 2.26. The maximum absolute atomic E-state index is 11.3. The van der Waals surface area contributed by atoms with Crippen molar-refractivity contribution in [2.24, 2.45) is 0 Å². The molecule has 0 heterocycles. The molecule has 0 amide bonds. The van der Waals surface area contributed by atoms with E-state index in [1.807, 2.05) is 11.8 Å². The van der Waals surface area contributed by atoms with Crippen molar-refractivity contribution in [1.82, 2.24) is 0 Å². The molecule has 1 aliphatic rings. The molecule has 0 aromatic heterocycles. The van der Waals surface area contributed by atoms with Crippen molar-refractivity contribution in [3.05, 3.63) is 23.8 Å². The Hall–Kier alpha value is -1.36. The van der Waals surface area contributed by atoms with Gasteiger partial charge in [0.15, 0.2) is 0 Å². The average molecular weight is 280 g/mol. The predicted molar refractivity (Wildman–Crippen MR) is 81.0 cm³/mol. The van der Waals surface area contributed by atoms with Gasteiger partial charge >= 0.3 is 5.97 Å². The fraction of sp³-hybridized carbons (Fsp3) is 0.500. The first-order valence-electron chi connectivity index (χ1n) is 6.54. The van der Waals surface area contributed by atoms with E-state index in [4.69, 9.17) is 5.73 Å². The van der Waals surface area contributed by atoms with Gasteiger partial charge in [0.25, 0.3) is 0 Å². The van der Waals surface area contributed by atoms with E-state index >= 15 is 0 Å². The molecule has 1 fully saturated rings. The highest BCUT2D eigenvalue weighted by molar-refractivity contribution is 7.99. The van der Waals surface area contributed by atoms with E-state index in [2.05, 4.69) is 11.6 Å². The quantitative estimate of drug-likeness (QED) is 0.739. The first-order valence-corrected chi connectivity index (χ1v) is 7.83. The minimum absolute atomic E-state index is 0.255. The summed E-state index contributed by atoms with van der Waals surface area (Å²) in [6.07, 6.45) is 6.79. The van der Waals surface area contributed by atoms with Crippen LogP contribution in [0, 0.1) is 0 Å². The minimum atomic E-state index is -0.939. The zero-order valence-corrected chi connectivity index (χ0v) is 11.9. The van der Waals surface area contributed by atoms with Crippen molar-refractivity contribution in [3.63, 3.8) is 0 Å². The first-order chi connectivity index (χ1) is 9.13. The van der Waals surface area contributed by atoms with Crippen molar-refractivity contribution in [1.29, 1.82) is 0 Å². The van der Waals surface area contributed by atoms with Crippen LogP contribution in [0.2, 0.25) is 0 Å². The molecule has 0 bridgehead atoms. The zero-order chi connectivity index (χ0) is 13.8. The Morgan fingerprint density at radius 3 is 2.84 bits per heavy atom. The molecule has 0 radical (unpaired) electrons. The van der Waals surface area contributed by atoms with E-state index in [9.17, 15) is 9.90 Å². The topological polar surface area (TPSA) is 75.3 Å². The van der Waals surface area contributed by atoms with Gasteiger partial charge < -0.3 is 16.2 Å². The summed E-state index contributed by atoms with van der Waals surface area (Å²) in [6.45, 7) is 0. The number of hydrogen-bond acceptors (Lipinski definition) is 4. The van der Waals surface area contributed by atoms with Crippen molar-refractivity contribution < 1.29 is 9.90 Å². The Morgan fingerprint density at radius 1 is 1.42 bits per heavy atom. The first kappa shape index (κ1) is 14.1. The fourth-order valence-corrected chi connectivity index (χ4v) is 3.57. The van der Waals surface area contributed by atoms with E-state index in [1.54, 1.807) is 18.2 Å². The molecule has 0 spiro atoms. The SMILES string of the molecule is CSC1CCCCC1Nc1c(N)cccc1C(=O)O. The summed E-state index contributed by atoms with van der Waals surface area (Å²) >= 11 is 1.84. The van der Waals surface area contributed by atoms with Crippen molar-refractivity contribution in [3.8, 4) is 0 Å². The lowest BCUT2D eigenvalue weighted by atomic mass is 9.94. The van der Waals surface area contributed by atoms with Crippen LogP contribution >= 0.6 is 11.8 Å². The molecule has 2 atom stereocenters. The molecule has 4 N–H and O–H groups in total. The number of nitrogens with two attached hydrogens (primary N) is 1. The number of nitrogen functional groups attached to an aromatic ring is 1. The lowest BCUT2D eigenvalue weighted by Crippen LogP contribution is -2.35. The fourth-order valence-electron chi connectivity index (χ4n) is 2.64. The van der Waals surface area contributed by atoms with E-state index < -0.39 is 5.97 Å². The monoisotopic (exact) mass is 280 g/mol. The van der Waals surface area contributed by atoms with E-state index in [0.717, 1.165) is 6.42 Å². The number of nitrogens with one attached hydrogen (secondary N) is 1. The van der Waals surface area contributed by atoms with Gasteiger partial charge in [0.2, 0.25) is 0 Å². The lowest BCUT2D eigenvalue weighted by molar-refractivity contribution is 0.0698. The summed E-state index contributed by atoms with van der Waals surface area (Å²) in [5, 5.41) is 13.1. The molecule has 2 rings (SSSR count). The zero-order valence-electron chi connectivity index (χ0n) is 11.1. The van der Waals surface area contributed by atoms with Gasteiger partial charge in [-0.05, 0) is 31.2 Å².